The van der Waals surface area contributed by atoms with Gasteiger partial charge in [-0.1, -0.05) is 6.42 Å². The summed E-state index contributed by atoms with van der Waals surface area (Å²) in [5.74, 6) is -0.0855. The van der Waals surface area contributed by atoms with Gasteiger partial charge in [0.05, 0.1) is 18.3 Å². The van der Waals surface area contributed by atoms with Gasteiger partial charge in [-0.15, -0.1) is 0 Å². The standard InChI is InChI=1S/C17H23F3N4O3/c1-10-21-12(5-14(22-10)27-9-17(18,19)20)13(8-25)24-15(26)23-11-6-16(7-11)3-2-4-16/h5,11,13,25H,2-4,6-9H2,1H3,(H2,23,24,26). The van der Waals surface area contributed by atoms with Crippen molar-refractivity contribution in [2.24, 2.45) is 5.41 Å². The minimum atomic E-state index is -4.49. The molecule has 1 atom stereocenters. The van der Waals surface area contributed by atoms with Gasteiger partial charge in [-0.05, 0) is 38.0 Å². The second-order valence-electron chi connectivity index (χ2n) is 7.39. The highest BCUT2D eigenvalue weighted by Gasteiger charge is 2.48. The maximum Gasteiger partial charge on any atom is 0.422 e. The number of urea groups is 1. The Hall–Kier alpha value is -2.10. The van der Waals surface area contributed by atoms with Crippen LogP contribution in [0.5, 0.6) is 5.88 Å². The van der Waals surface area contributed by atoms with Crippen molar-refractivity contribution in [2.75, 3.05) is 13.2 Å². The molecule has 0 saturated heterocycles. The van der Waals surface area contributed by atoms with Crippen LogP contribution in [0.1, 0.15) is 49.7 Å². The normalized spacial score (nSPS) is 19.7. The number of aromatic nitrogens is 2. The molecule has 0 aliphatic heterocycles. The van der Waals surface area contributed by atoms with Crippen LogP contribution < -0.4 is 15.4 Å². The van der Waals surface area contributed by atoms with E-state index >= 15 is 0 Å². The second-order valence-corrected chi connectivity index (χ2v) is 7.39. The molecule has 2 fully saturated rings. The third kappa shape index (κ3) is 5.00. The summed E-state index contributed by atoms with van der Waals surface area (Å²) in [6.45, 7) is -0.452. The van der Waals surface area contributed by atoms with Crippen LogP contribution in [0.15, 0.2) is 6.07 Å². The number of aryl methyl sites for hydroxylation is 1. The number of ether oxygens (including phenoxy) is 1. The fourth-order valence-corrected chi connectivity index (χ4v) is 3.74. The summed E-state index contributed by atoms with van der Waals surface area (Å²) >= 11 is 0. The number of alkyl halides is 3. The molecule has 1 unspecified atom stereocenters. The highest BCUT2D eigenvalue weighted by Crippen LogP contribution is 2.55. The Balaban J connectivity index is 1.57. The van der Waals surface area contributed by atoms with Crippen LogP contribution in [0.3, 0.4) is 0 Å². The molecule has 150 valence electrons. The monoisotopic (exact) mass is 388 g/mol. The molecule has 2 aliphatic carbocycles. The minimum Gasteiger partial charge on any atom is -0.468 e. The van der Waals surface area contributed by atoms with E-state index in [1.807, 2.05) is 0 Å². The molecule has 0 aromatic carbocycles. The predicted octanol–water partition coefficient (Wildman–Crippen LogP) is 2.39. The number of amides is 2. The molecule has 10 heteroatoms. The van der Waals surface area contributed by atoms with E-state index in [0.717, 1.165) is 12.8 Å². The first kappa shape index (κ1) is 19.7. The summed E-state index contributed by atoms with van der Waals surface area (Å²) < 4.78 is 41.6. The van der Waals surface area contributed by atoms with Crippen molar-refractivity contribution in [1.82, 2.24) is 20.6 Å². The Bertz CT molecular complexity index is 686. The number of carbonyl (C=O) groups excluding carboxylic acids is 1. The fourth-order valence-electron chi connectivity index (χ4n) is 3.74. The van der Waals surface area contributed by atoms with Gasteiger partial charge in [0, 0.05) is 12.1 Å². The number of halogens is 3. The van der Waals surface area contributed by atoms with E-state index in [-0.39, 0.29) is 23.4 Å². The minimum absolute atomic E-state index is 0.113. The number of carbonyl (C=O) groups is 1. The SMILES string of the molecule is Cc1nc(OCC(F)(F)F)cc(C(CO)NC(=O)NC2CC3(CCC3)C2)n1. The summed E-state index contributed by atoms with van der Waals surface area (Å²) in [5, 5.41) is 15.0. The largest absolute Gasteiger partial charge is 0.468 e. The van der Waals surface area contributed by atoms with Crippen molar-refractivity contribution < 1.29 is 27.8 Å². The van der Waals surface area contributed by atoms with E-state index in [9.17, 15) is 23.1 Å². The lowest BCUT2D eigenvalue weighted by Gasteiger charge is -2.54. The van der Waals surface area contributed by atoms with Crippen molar-refractivity contribution in [3.63, 3.8) is 0 Å². The van der Waals surface area contributed by atoms with Crippen LogP contribution in [-0.2, 0) is 0 Å². The third-order valence-electron chi connectivity index (χ3n) is 5.17. The number of hydrogen-bond donors (Lipinski definition) is 3. The van der Waals surface area contributed by atoms with E-state index in [1.54, 1.807) is 0 Å². The Labute approximate surface area is 154 Å². The number of rotatable bonds is 6. The summed E-state index contributed by atoms with van der Waals surface area (Å²) in [6, 6.07) is -0.0190. The van der Waals surface area contributed by atoms with Gasteiger partial charge in [-0.25, -0.2) is 9.78 Å². The topological polar surface area (TPSA) is 96.4 Å². The van der Waals surface area contributed by atoms with Gasteiger partial charge in [-0.2, -0.15) is 18.2 Å². The van der Waals surface area contributed by atoms with Crippen LogP contribution >= 0.6 is 0 Å². The molecule has 2 saturated carbocycles. The van der Waals surface area contributed by atoms with Gasteiger partial charge in [0.25, 0.3) is 0 Å². The molecule has 2 amide bonds. The van der Waals surface area contributed by atoms with Gasteiger partial charge in [0.2, 0.25) is 5.88 Å². The molecule has 2 aliphatic rings. The maximum absolute atomic E-state index is 12.3. The lowest BCUT2D eigenvalue weighted by atomic mass is 9.54. The molecule has 3 rings (SSSR count). The predicted molar refractivity (Wildman–Crippen MR) is 89.1 cm³/mol. The van der Waals surface area contributed by atoms with E-state index in [0.29, 0.717) is 5.41 Å². The Morgan fingerprint density at radius 3 is 2.67 bits per heavy atom. The highest BCUT2D eigenvalue weighted by molar-refractivity contribution is 5.75. The fraction of sp³-hybridized carbons (Fsp3) is 0.706. The van der Waals surface area contributed by atoms with Gasteiger partial charge in [0.1, 0.15) is 5.82 Å². The molecule has 1 aromatic heterocycles. The van der Waals surface area contributed by atoms with Gasteiger partial charge >= 0.3 is 12.2 Å². The van der Waals surface area contributed by atoms with Gasteiger partial charge in [0.15, 0.2) is 6.61 Å². The average Bonchev–Trinajstić information content (AvgIpc) is 2.50. The number of nitrogens with one attached hydrogen (secondary N) is 2. The van der Waals surface area contributed by atoms with Crippen LogP contribution in [-0.4, -0.2) is 46.5 Å². The van der Waals surface area contributed by atoms with E-state index < -0.39 is 31.5 Å². The van der Waals surface area contributed by atoms with Crippen molar-refractivity contribution in [2.45, 2.75) is 57.3 Å². The third-order valence-corrected chi connectivity index (χ3v) is 5.17. The highest BCUT2D eigenvalue weighted by atomic mass is 19.4. The van der Waals surface area contributed by atoms with Crippen molar-refractivity contribution >= 4 is 6.03 Å². The van der Waals surface area contributed by atoms with Crippen molar-refractivity contribution in [1.29, 1.82) is 0 Å². The molecule has 1 heterocycles. The summed E-state index contributed by atoms with van der Waals surface area (Å²) in [5.41, 5.74) is 0.601. The summed E-state index contributed by atoms with van der Waals surface area (Å²) in [7, 11) is 0. The lowest BCUT2D eigenvalue weighted by Crippen LogP contribution is -2.56. The Kier molecular flexibility index (Phi) is 5.45. The number of aliphatic hydroxyl groups excluding tert-OH is 1. The average molecular weight is 388 g/mol. The number of hydrogen-bond acceptors (Lipinski definition) is 5. The summed E-state index contributed by atoms with van der Waals surface area (Å²) in [6.07, 6.45) is 1.11. The van der Waals surface area contributed by atoms with Gasteiger partial charge < -0.3 is 20.5 Å². The maximum atomic E-state index is 12.3. The molecule has 3 N–H and O–H groups in total. The Morgan fingerprint density at radius 1 is 1.41 bits per heavy atom. The zero-order chi connectivity index (χ0) is 19.7. The zero-order valence-electron chi connectivity index (χ0n) is 15.0. The van der Waals surface area contributed by atoms with Crippen LogP contribution in [0.4, 0.5) is 18.0 Å². The lowest BCUT2D eigenvalue weighted by molar-refractivity contribution is -0.154. The van der Waals surface area contributed by atoms with Crippen molar-refractivity contribution in [3.05, 3.63) is 17.6 Å². The zero-order valence-corrected chi connectivity index (χ0v) is 15.0. The first-order valence-electron chi connectivity index (χ1n) is 8.91. The first-order valence-corrected chi connectivity index (χ1v) is 8.91. The van der Waals surface area contributed by atoms with E-state index in [1.165, 1.54) is 32.3 Å². The van der Waals surface area contributed by atoms with Crippen LogP contribution in [0.25, 0.3) is 0 Å². The molecule has 0 bridgehead atoms. The Morgan fingerprint density at radius 2 is 2.11 bits per heavy atom. The quantitative estimate of drug-likeness (QED) is 0.695. The molecule has 7 nitrogen and oxygen atoms in total. The molecule has 1 aromatic rings. The molecular weight excluding hydrogens is 365 g/mol. The smallest absolute Gasteiger partial charge is 0.422 e. The second kappa shape index (κ2) is 7.49. The van der Waals surface area contributed by atoms with Gasteiger partial charge in [-0.3, -0.25) is 0 Å². The number of aliphatic hydroxyl groups is 1. The molecule has 27 heavy (non-hydrogen) atoms. The molecule has 0 radical (unpaired) electrons. The number of nitrogens with zero attached hydrogens (tertiary/aromatic N) is 2. The van der Waals surface area contributed by atoms with Crippen molar-refractivity contribution in [3.8, 4) is 5.88 Å². The summed E-state index contributed by atoms with van der Waals surface area (Å²) in [4.78, 5) is 20.1. The van der Waals surface area contributed by atoms with E-state index in [2.05, 4.69) is 25.3 Å². The first-order chi connectivity index (χ1) is 12.7. The van der Waals surface area contributed by atoms with Crippen LogP contribution in [0.2, 0.25) is 0 Å². The molecule has 1 spiro atoms. The van der Waals surface area contributed by atoms with Crippen LogP contribution in [0, 0.1) is 12.3 Å². The van der Waals surface area contributed by atoms with E-state index in [4.69, 9.17) is 0 Å². The molecular formula is C17H23F3N4O3.